The van der Waals surface area contributed by atoms with Crippen molar-refractivity contribution in [2.24, 2.45) is 0 Å². The minimum Gasteiger partial charge on any atom is -0.497 e. The number of carbonyl (C=O) groups excluding carboxylic acids is 1. The molecular formula is C22H24N4O3. The topological polar surface area (TPSA) is 66.9 Å². The number of urea groups is 1. The molecule has 4 rings (SSSR count). The van der Waals surface area contributed by atoms with Gasteiger partial charge in [-0.15, -0.1) is 0 Å². The Kier molecular flexibility index (Phi) is 5.37. The maximum atomic E-state index is 12.8. The second-order valence-electron chi connectivity index (χ2n) is 6.82. The first-order valence-corrected chi connectivity index (χ1v) is 9.56. The van der Waals surface area contributed by atoms with Gasteiger partial charge in [-0.1, -0.05) is 18.2 Å². The summed E-state index contributed by atoms with van der Waals surface area (Å²) in [7, 11) is 3.17. The zero-order chi connectivity index (χ0) is 20.2. The van der Waals surface area contributed by atoms with Crippen LogP contribution in [0.3, 0.4) is 0 Å². The van der Waals surface area contributed by atoms with E-state index >= 15 is 0 Å². The van der Waals surface area contributed by atoms with E-state index in [0.717, 1.165) is 29.7 Å². The number of nitrogens with one attached hydrogen (secondary N) is 1. The van der Waals surface area contributed by atoms with Crippen molar-refractivity contribution in [3.8, 4) is 11.5 Å². The Morgan fingerprint density at radius 2 is 1.79 bits per heavy atom. The van der Waals surface area contributed by atoms with E-state index in [0.29, 0.717) is 30.3 Å². The molecule has 0 unspecified atom stereocenters. The maximum absolute atomic E-state index is 12.8. The van der Waals surface area contributed by atoms with Crippen molar-refractivity contribution in [2.75, 3.05) is 50.6 Å². The molecule has 1 aromatic heterocycles. The molecule has 1 saturated heterocycles. The zero-order valence-corrected chi connectivity index (χ0v) is 16.6. The van der Waals surface area contributed by atoms with Crippen LogP contribution in [-0.2, 0) is 0 Å². The second kappa shape index (κ2) is 8.26. The Hall–Kier alpha value is -3.48. The molecule has 0 radical (unpaired) electrons. The van der Waals surface area contributed by atoms with Crippen LogP contribution in [0.2, 0.25) is 0 Å². The highest BCUT2D eigenvalue weighted by molar-refractivity contribution is 5.92. The van der Waals surface area contributed by atoms with Gasteiger partial charge in [0.25, 0.3) is 0 Å². The lowest BCUT2D eigenvalue weighted by molar-refractivity contribution is 0.208. The van der Waals surface area contributed by atoms with E-state index in [-0.39, 0.29) is 6.03 Å². The average Bonchev–Trinajstić information content (AvgIpc) is 2.78. The van der Waals surface area contributed by atoms with Crippen LogP contribution >= 0.6 is 0 Å². The molecule has 1 aliphatic rings. The van der Waals surface area contributed by atoms with Gasteiger partial charge in [0.05, 0.1) is 31.1 Å². The van der Waals surface area contributed by atoms with Crippen molar-refractivity contribution in [1.29, 1.82) is 0 Å². The number of para-hydroxylation sites is 1. The maximum Gasteiger partial charge on any atom is 0.322 e. The number of pyridine rings is 1. The summed E-state index contributed by atoms with van der Waals surface area (Å²) in [4.78, 5) is 21.4. The summed E-state index contributed by atoms with van der Waals surface area (Å²) in [5.74, 6) is 1.26. The standard InChI is InChI=1S/C22H24N4O3/c1-28-17-8-9-20(29-2)18(15-17)24-22(27)26-13-11-25(12-14-26)19-7-3-5-16-6-4-10-23-21(16)19/h3-10,15H,11-14H2,1-2H3,(H,24,27). The Morgan fingerprint density at radius 1 is 1.00 bits per heavy atom. The second-order valence-corrected chi connectivity index (χ2v) is 6.82. The van der Waals surface area contributed by atoms with Crippen LogP contribution in [0.25, 0.3) is 10.9 Å². The molecule has 0 spiro atoms. The van der Waals surface area contributed by atoms with Crippen LogP contribution in [0, 0.1) is 0 Å². The molecule has 2 amide bonds. The fourth-order valence-corrected chi connectivity index (χ4v) is 3.60. The van der Waals surface area contributed by atoms with Crippen LogP contribution in [0.5, 0.6) is 11.5 Å². The van der Waals surface area contributed by atoms with E-state index in [1.165, 1.54) is 0 Å². The summed E-state index contributed by atoms with van der Waals surface area (Å²) in [6.07, 6.45) is 1.82. The van der Waals surface area contributed by atoms with E-state index in [2.05, 4.69) is 33.4 Å². The third kappa shape index (κ3) is 3.89. The summed E-state index contributed by atoms with van der Waals surface area (Å²) >= 11 is 0. The fourth-order valence-electron chi connectivity index (χ4n) is 3.60. The minimum atomic E-state index is -0.146. The monoisotopic (exact) mass is 392 g/mol. The van der Waals surface area contributed by atoms with Crippen molar-refractivity contribution >= 4 is 28.3 Å². The first-order chi connectivity index (χ1) is 14.2. The van der Waals surface area contributed by atoms with Gasteiger partial charge < -0.3 is 24.6 Å². The highest BCUT2D eigenvalue weighted by Crippen LogP contribution is 2.30. The van der Waals surface area contributed by atoms with Gasteiger partial charge >= 0.3 is 6.03 Å². The third-order valence-corrected chi connectivity index (χ3v) is 5.17. The predicted molar refractivity (Wildman–Crippen MR) is 114 cm³/mol. The smallest absolute Gasteiger partial charge is 0.322 e. The molecular weight excluding hydrogens is 368 g/mol. The lowest BCUT2D eigenvalue weighted by Crippen LogP contribution is -2.50. The highest BCUT2D eigenvalue weighted by atomic mass is 16.5. The predicted octanol–water partition coefficient (Wildman–Crippen LogP) is 3.61. The van der Waals surface area contributed by atoms with E-state index < -0.39 is 0 Å². The number of aromatic nitrogens is 1. The van der Waals surface area contributed by atoms with Crippen LogP contribution in [-0.4, -0.2) is 56.3 Å². The average molecular weight is 392 g/mol. The van der Waals surface area contributed by atoms with Crippen LogP contribution < -0.4 is 19.7 Å². The van der Waals surface area contributed by atoms with Gasteiger partial charge in [-0.05, 0) is 24.3 Å². The number of methoxy groups -OCH3 is 2. The van der Waals surface area contributed by atoms with Gasteiger partial charge in [0, 0.05) is 43.8 Å². The Morgan fingerprint density at radius 3 is 2.55 bits per heavy atom. The van der Waals surface area contributed by atoms with E-state index in [1.54, 1.807) is 32.4 Å². The molecule has 0 bridgehead atoms. The number of piperazine rings is 1. The number of fused-ring (bicyclic) bond motifs is 1. The minimum absolute atomic E-state index is 0.146. The summed E-state index contributed by atoms with van der Waals surface area (Å²) in [6, 6.07) is 15.4. The van der Waals surface area contributed by atoms with Gasteiger partial charge in [-0.25, -0.2) is 4.79 Å². The molecule has 0 saturated carbocycles. The third-order valence-electron chi connectivity index (χ3n) is 5.17. The van der Waals surface area contributed by atoms with Crippen LogP contribution in [0.4, 0.5) is 16.2 Å². The van der Waals surface area contributed by atoms with E-state index in [4.69, 9.17) is 9.47 Å². The Balaban J connectivity index is 1.44. The summed E-state index contributed by atoms with van der Waals surface area (Å²) in [5, 5.41) is 4.06. The largest absolute Gasteiger partial charge is 0.497 e. The van der Waals surface area contributed by atoms with Crippen molar-refractivity contribution in [1.82, 2.24) is 9.88 Å². The number of ether oxygens (including phenoxy) is 2. The Labute approximate surface area is 169 Å². The Bertz CT molecular complexity index is 1010. The fraction of sp³-hybridized carbons (Fsp3) is 0.273. The van der Waals surface area contributed by atoms with Crippen LogP contribution in [0.1, 0.15) is 0 Å². The van der Waals surface area contributed by atoms with Gasteiger partial charge in [0.15, 0.2) is 0 Å². The van der Waals surface area contributed by atoms with Gasteiger partial charge in [0.2, 0.25) is 0 Å². The lowest BCUT2D eigenvalue weighted by Gasteiger charge is -2.36. The normalized spacial score (nSPS) is 14.0. The highest BCUT2D eigenvalue weighted by Gasteiger charge is 2.23. The molecule has 1 aliphatic heterocycles. The van der Waals surface area contributed by atoms with Gasteiger partial charge in [-0.2, -0.15) is 0 Å². The molecule has 1 N–H and O–H groups in total. The van der Waals surface area contributed by atoms with E-state index in [1.807, 2.05) is 23.2 Å². The number of hydrogen-bond acceptors (Lipinski definition) is 5. The molecule has 2 heterocycles. The summed E-state index contributed by atoms with van der Waals surface area (Å²) in [6.45, 7) is 2.75. The van der Waals surface area contributed by atoms with Crippen molar-refractivity contribution in [2.45, 2.75) is 0 Å². The molecule has 0 atom stereocenters. The number of anilines is 2. The molecule has 3 aromatic rings. The van der Waals surface area contributed by atoms with Gasteiger partial charge in [-0.3, -0.25) is 4.98 Å². The first-order valence-electron chi connectivity index (χ1n) is 9.56. The SMILES string of the molecule is COc1ccc(OC)c(NC(=O)N2CCN(c3cccc4cccnc34)CC2)c1. The van der Waals surface area contributed by atoms with Crippen molar-refractivity contribution < 1.29 is 14.3 Å². The molecule has 7 heteroatoms. The zero-order valence-electron chi connectivity index (χ0n) is 16.6. The number of nitrogens with zero attached hydrogens (tertiary/aromatic N) is 3. The molecule has 0 aliphatic carbocycles. The summed E-state index contributed by atoms with van der Waals surface area (Å²) < 4.78 is 10.6. The number of rotatable bonds is 4. The summed E-state index contributed by atoms with van der Waals surface area (Å²) in [5.41, 5.74) is 2.70. The van der Waals surface area contributed by atoms with E-state index in [9.17, 15) is 4.79 Å². The van der Waals surface area contributed by atoms with Crippen LogP contribution in [0.15, 0.2) is 54.7 Å². The molecule has 7 nitrogen and oxygen atoms in total. The van der Waals surface area contributed by atoms with Crippen molar-refractivity contribution in [3.05, 3.63) is 54.7 Å². The van der Waals surface area contributed by atoms with Crippen molar-refractivity contribution in [3.63, 3.8) is 0 Å². The number of benzene rings is 2. The molecule has 2 aromatic carbocycles. The molecule has 150 valence electrons. The quantitative estimate of drug-likeness (QED) is 0.735. The van der Waals surface area contributed by atoms with Gasteiger partial charge in [0.1, 0.15) is 11.5 Å². The number of amides is 2. The molecule has 29 heavy (non-hydrogen) atoms. The first kappa shape index (κ1) is 18.9. The molecule has 1 fully saturated rings. The number of carbonyl (C=O) groups is 1. The lowest BCUT2D eigenvalue weighted by atomic mass is 10.1. The number of hydrogen-bond donors (Lipinski definition) is 1.